The van der Waals surface area contributed by atoms with Crippen LogP contribution in [0.15, 0.2) is 24.3 Å². The quantitative estimate of drug-likeness (QED) is 0.254. The van der Waals surface area contributed by atoms with E-state index in [0.717, 1.165) is 44.1 Å². The maximum atomic E-state index is 13.9. The van der Waals surface area contributed by atoms with Gasteiger partial charge in [0.25, 0.3) is 0 Å². The van der Waals surface area contributed by atoms with Crippen LogP contribution in [0.3, 0.4) is 0 Å². The number of hydrogen-bond donors (Lipinski definition) is 0. The Morgan fingerprint density at radius 1 is 0.667 bits per heavy atom. The summed E-state index contributed by atoms with van der Waals surface area (Å²) in [4.78, 5) is 0. The highest BCUT2D eigenvalue weighted by molar-refractivity contribution is 7.99. The smallest absolute Gasteiger partial charge is 0.192 e. The zero-order valence-corrected chi connectivity index (χ0v) is 19.6. The summed E-state index contributed by atoms with van der Waals surface area (Å²) in [6, 6.07) is 5.51. The molecule has 0 nitrogen and oxygen atoms in total. The first-order chi connectivity index (χ1) is 16.2. The molecule has 0 amide bonds. The molecule has 0 aromatic heterocycles. The summed E-state index contributed by atoms with van der Waals surface area (Å²) in [5, 5.41) is -6.13. The predicted molar refractivity (Wildman–Crippen MR) is 108 cm³/mol. The molecule has 14 heteroatoms. The molecule has 1 aliphatic rings. The monoisotopic (exact) mass is 566 g/mol. The maximum Gasteiger partial charge on any atom is 0.460 e. The number of halogens is 13. The van der Waals surface area contributed by atoms with Gasteiger partial charge >= 0.3 is 35.1 Å². The molecule has 0 saturated heterocycles. The van der Waals surface area contributed by atoms with Gasteiger partial charge in [-0.25, -0.2) is 0 Å². The van der Waals surface area contributed by atoms with Crippen LogP contribution < -0.4 is 0 Å². The number of hydrogen-bond acceptors (Lipinski definition) is 1. The Bertz CT molecular complexity index is 854. The highest BCUT2D eigenvalue weighted by Gasteiger charge is 2.90. The van der Waals surface area contributed by atoms with E-state index in [2.05, 4.69) is 6.92 Å². The molecule has 0 radical (unpaired) electrons. The first kappa shape index (κ1) is 30.9. The van der Waals surface area contributed by atoms with Gasteiger partial charge in [-0.2, -0.15) is 57.1 Å². The molecule has 1 aromatic rings. The summed E-state index contributed by atoms with van der Waals surface area (Å²) >= 11 is -1.28. The average Bonchev–Trinajstić information content (AvgIpc) is 2.77. The van der Waals surface area contributed by atoms with Crippen molar-refractivity contribution in [2.24, 2.45) is 5.92 Å². The summed E-state index contributed by atoms with van der Waals surface area (Å²) in [5.41, 5.74) is 0.728. The van der Waals surface area contributed by atoms with Crippen LogP contribution >= 0.6 is 11.8 Å². The van der Waals surface area contributed by atoms with Crippen molar-refractivity contribution in [3.8, 4) is 0 Å². The summed E-state index contributed by atoms with van der Waals surface area (Å²) in [6.07, 6.45) is -1.53. The molecule has 1 fully saturated rings. The molecule has 0 unspecified atom stereocenters. The highest BCUT2D eigenvalue weighted by atomic mass is 32.2. The summed E-state index contributed by atoms with van der Waals surface area (Å²) in [7, 11) is 0. The fourth-order valence-corrected chi connectivity index (χ4v) is 4.95. The third-order valence-corrected chi connectivity index (χ3v) is 7.42. The Kier molecular flexibility index (Phi) is 8.95. The van der Waals surface area contributed by atoms with Crippen molar-refractivity contribution in [1.82, 2.24) is 0 Å². The lowest BCUT2D eigenvalue weighted by Gasteiger charge is -2.39. The minimum absolute atomic E-state index is 0.102. The van der Waals surface area contributed by atoms with Crippen LogP contribution in [0, 0.1) is 5.92 Å². The lowest BCUT2D eigenvalue weighted by molar-refractivity contribution is -0.433. The maximum absolute atomic E-state index is 13.9. The molecule has 0 aliphatic heterocycles. The van der Waals surface area contributed by atoms with Crippen molar-refractivity contribution in [3.63, 3.8) is 0 Å². The van der Waals surface area contributed by atoms with Crippen LogP contribution in [0.1, 0.15) is 62.5 Å². The molecule has 0 bridgehead atoms. The number of rotatable bonds is 10. The second-order valence-electron chi connectivity index (χ2n) is 8.85. The molecule has 1 aromatic carbocycles. The lowest BCUT2D eigenvalue weighted by atomic mass is 9.77. The van der Waals surface area contributed by atoms with E-state index >= 15 is 0 Å². The van der Waals surface area contributed by atoms with E-state index < -0.39 is 52.6 Å². The Balaban J connectivity index is 2.12. The van der Waals surface area contributed by atoms with Gasteiger partial charge in [-0.1, -0.05) is 55.8 Å². The van der Waals surface area contributed by atoms with Crippen molar-refractivity contribution in [1.29, 1.82) is 0 Å². The van der Waals surface area contributed by atoms with Crippen LogP contribution in [0.4, 0.5) is 57.1 Å². The molecule has 2 rings (SSSR count). The van der Waals surface area contributed by atoms with Crippen LogP contribution in [0.2, 0.25) is 0 Å². The Labute approximate surface area is 203 Å². The van der Waals surface area contributed by atoms with Gasteiger partial charge in [0.1, 0.15) is 0 Å². The minimum atomic E-state index is -7.87. The van der Waals surface area contributed by atoms with Gasteiger partial charge in [-0.05, 0) is 48.6 Å². The molecule has 208 valence electrons. The van der Waals surface area contributed by atoms with Gasteiger partial charge in [0.15, 0.2) is 0 Å². The zero-order chi connectivity index (χ0) is 27.8. The topological polar surface area (TPSA) is 0 Å². The fraction of sp³-hybridized carbons (Fsp3) is 0.727. The molecule has 1 saturated carbocycles. The number of benzene rings is 1. The molecule has 0 heterocycles. The largest absolute Gasteiger partial charge is 0.460 e. The van der Waals surface area contributed by atoms with E-state index in [1.54, 1.807) is 0 Å². The van der Waals surface area contributed by atoms with Crippen molar-refractivity contribution in [3.05, 3.63) is 35.4 Å². The third kappa shape index (κ3) is 5.57. The molecular weight excluding hydrogens is 543 g/mol. The molecule has 0 N–H and O–H groups in total. The standard InChI is InChI=1S/C22H23F13S/c1-2-3-13-4-8-15(9-5-13)16-10-6-14(7-11-16)12-36-22(34,35)20(29,30)18(25,26)17(23,24)19(27,28)21(31,32)33/h6-7,10-11,13,15H,2-5,8-9,12H2,1H3. The van der Waals surface area contributed by atoms with Crippen molar-refractivity contribution in [2.75, 3.05) is 0 Å². The van der Waals surface area contributed by atoms with Crippen molar-refractivity contribution >= 4 is 11.8 Å². The van der Waals surface area contributed by atoms with Crippen LogP contribution in [-0.4, -0.2) is 35.1 Å². The minimum Gasteiger partial charge on any atom is -0.192 e. The molecule has 1 aliphatic carbocycles. The Morgan fingerprint density at radius 3 is 1.58 bits per heavy atom. The molecule has 0 atom stereocenters. The molecular formula is C22H23F13S. The van der Waals surface area contributed by atoms with Gasteiger partial charge < -0.3 is 0 Å². The van der Waals surface area contributed by atoms with E-state index in [1.807, 2.05) is 0 Å². The fourth-order valence-electron chi connectivity index (χ4n) is 4.10. The number of alkyl halides is 13. The van der Waals surface area contributed by atoms with Crippen LogP contribution in [0.25, 0.3) is 0 Å². The van der Waals surface area contributed by atoms with Crippen LogP contribution in [0.5, 0.6) is 0 Å². The average molecular weight is 566 g/mol. The van der Waals surface area contributed by atoms with E-state index in [9.17, 15) is 57.1 Å². The van der Waals surface area contributed by atoms with E-state index in [4.69, 9.17) is 0 Å². The first-order valence-corrected chi connectivity index (χ1v) is 11.9. The Hall–Kier alpha value is -1.34. The normalized spacial score (nSPS) is 21.1. The highest BCUT2D eigenvalue weighted by Crippen LogP contribution is 2.62. The summed E-state index contributed by atoms with van der Waals surface area (Å²) in [5.74, 6) is -31.0. The van der Waals surface area contributed by atoms with E-state index in [-0.39, 0.29) is 11.5 Å². The van der Waals surface area contributed by atoms with Gasteiger partial charge in [0, 0.05) is 5.75 Å². The van der Waals surface area contributed by atoms with Gasteiger partial charge in [0.05, 0.1) is 0 Å². The lowest BCUT2D eigenvalue weighted by Crippen LogP contribution is -2.69. The van der Waals surface area contributed by atoms with E-state index in [1.165, 1.54) is 24.3 Å². The van der Waals surface area contributed by atoms with E-state index in [0.29, 0.717) is 5.92 Å². The zero-order valence-electron chi connectivity index (χ0n) is 18.7. The second kappa shape index (κ2) is 10.4. The molecule has 36 heavy (non-hydrogen) atoms. The second-order valence-corrected chi connectivity index (χ2v) is 9.94. The van der Waals surface area contributed by atoms with Gasteiger partial charge in [-0.15, -0.1) is 0 Å². The first-order valence-electron chi connectivity index (χ1n) is 10.9. The SMILES string of the molecule is CCCC1CCC(c2ccc(CSC(F)(F)C(F)(F)C(F)(F)C(F)(F)C(F)(F)C(F)(F)F)cc2)CC1. The van der Waals surface area contributed by atoms with Gasteiger partial charge in [0.2, 0.25) is 0 Å². The third-order valence-electron chi connectivity index (χ3n) is 6.32. The Morgan fingerprint density at radius 2 is 1.14 bits per heavy atom. The van der Waals surface area contributed by atoms with Crippen molar-refractivity contribution < 1.29 is 57.1 Å². The summed E-state index contributed by atoms with van der Waals surface area (Å²) in [6.45, 7) is 2.08. The van der Waals surface area contributed by atoms with Crippen LogP contribution in [-0.2, 0) is 5.75 Å². The summed E-state index contributed by atoms with van der Waals surface area (Å²) < 4.78 is 171. The molecule has 0 spiro atoms. The van der Waals surface area contributed by atoms with Gasteiger partial charge in [-0.3, -0.25) is 0 Å². The predicted octanol–water partition coefficient (Wildman–Crippen LogP) is 9.69. The van der Waals surface area contributed by atoms with Crippen molar-refractivity contribution in [2.45, 2.75) is 92.2 Å². The number of thioether (sulfide) groups is 1.